The maximum atomic E-state index is 11.0. The first kappa shape index (κ1) is 14.9. The number of rotatable bonds is 4. The Bertz CT molecular complexity index is 127. The minimum absolute atomic E-state index is 0.328. The Hall–Kier alpha value is -0.570. The van der Waals surface area contributed by atoms with E-state index in [1.807, 2.05) is 20.8 Å². The quantitative estimate of drug-likeness (QED) is 0.544. The number of esters is 1. The molecular formula is C10H23NO2. The van der Waals surface area contributed by atoms with Crippen molar-refractivity contribution in [3.8, 4) is 0 Å². The van der Waals surface area contributed by atoms with E-state index in [1.54, 1.807) is 13.8 Å². The summed E-state index contributed by atoms with van der Waals surface area (Å²) in [5.74, 6) is -0.328. The standard InChI is InChI=1S/C8H17NO2.C2H6/c1-4-5-6-11-7(10)8(2,3)9;1-2/h4-6,9H2,1-3H3;1-2H3. The molecule has 80 valence electrons. The third-order valence-electron chi connectivity index (χ3n) is 1.26. The van der Waals surface area contributed by atoms with Gasteiger partial charge in [0.1, 0.15) is 5.54 Å². The molecule has 0 spiro atoms. The average molecular weight is 189 g/mol. The molecular weight excluding hydrogens is 166 g/mol. The summed E-state index contributed by atoms with van der Waals surface area (Å²) in [5.41, 5.74) is 4.63. The van der Waals surface area contributed by atoms with Crippen molar-refractivity contribution in [3.05, 3.63) is 0 Å². The number of carbonyl (C=O) groups excluding carboxylic acids is 1. The summed E-state index contributed by atoms with van der Waals surface area (Å²) in [6, 6.07) is 0. The van der Waals surface area contributed by atoms with Crippen LogP contribution >= 0.6 is 0 Å². The molecule has 0 rings (SSSR count). The minimum Gasteiger partial charge on any atom is -0.464 e. The molecule has 0 aliphatic heterocycles. The van der Waals surface area contributed by atoms with Crippen LogP contribution < -0.4 is 5.73 Å². The number of hydrogen-bond donors (Lipinski definition) is 1. The lowest BCUT2D eigenvalue weighted by Crippen LogP contribution is -2.42. The van der Waals surface area contributed by atoms with Gasteiger partial charge in [0.05, 0.1) is 6.61 Å². The minimum atomic E-state index is -0.853. The van der Waals surface area contributed by atoms with E-state index in [0.29, 0.717) is 6.61 Å². The Morgan fingerprint density at radius 3 is 2.15 bits per heavy atom. The van der Waals surface area contributed by atoms with Crippen LogP contribution in [0.25, 0.3) is 0 Å². The molecule has 0 aromatic rings. The van der Waals surface area contributed by atoms with Crippen molar-refractivity contribution in [1.29, 1.82) is 0 Å². The van der Waals surface area contributed by atoms with E-state index in [1.165, 1.54) is 0 Å². The van der Waals surface area contributed by atoms with Crippen molar-refractivity contribution < 1.29 is 9.53 Å². The third kappa shape index (κ3) is 9.34. The zero-order chi connectivity index (χ0) is 10.9. The lowest BCUT2D eigenvalue weighted by Gasteiger charge is -2.16. The number of carbonyl (C=O) groups is 1. The van der Waals surface area contributed by atoms with Crippen LogP contribution in [0.4, 0.5) is 0 Å². The second kappa shape index (κ2) is 8.05. The van der Waals surface area contributed by atoms with Crippen LogP contribution in [-0.4, -0.2) is 18.1 Å². The SMILES string of the molecule is CC.CCCCOC(=O)C(C)(C)N. The molecule has 0 aliphatic rings. The predicted octanol–water partition coefficient (Wildman–Crippen LogP) is 2.09. The fraction of sp³-hybridized carbons (Fsp3) is 0.900. The van der Waals surface area contributed by atoms with E-state index in [0.717, 1.165) is 12.8 Å². The van der Waals surface area contributed by atoms with E-state index >= 15 is 0 Å². The molecule has 0 atom stereocenters. The summed E-state index contributed by atoms with van der Waals surface area (Å²) in [5, 5.41) is 0. The van der Waals surface area contributed by atoms with Gasteiger partial charge in [-0.2, -0.15) is 0 Å². The summed E-state index contributed by atoms with van der Waals surface area (Å²) in [6.45, 7) is 9.81. The molecule has 3 nitrogen and oxygen atoms in total. The number of nitrogens with two attached hydrogens (primary N) is 1. The van der Waals surface area contributed by atoms with Gasteiger partial charge in [0.2, 0.25) is 0 Å². The fourth-order valence-corrected chi connectivity index (χ4v) is 0.495. The molecule has 13 heavy (non-hydrogen) atoms. The van der Waals surface area contributed by atoms with Gasteiger partial charge in [-0.3, -0.25) is 4.79 Å². The van der Waals surface area contributed by atoms with Gasteiger partial charge in [-0.25, -0.2) is 0 Å². The van der Waals surface area contributed by atoms with Gasteiger partial charge >= 0.3 is 5.97 Å². The maximum absolute atomic E-state index is 11.0. The maximum Gasteiger partial charge on any atom is 0.325 e. The van der Waals surface area contributed by atoms with Crippen LogP contribution in [0.5, 0.6) is 0 Å². The fourth-order valence-electron chi connectivity index (χ4n) is 0.495. The van der Waals surface area contributed by atoms with Crippen LogP contribution in [-0.2, 0) is 9.53 Å². The molecule has 2 N–H and O–H groups in total. The first-order valence-corrected chi connectivity index (χ1v) is 4.94. The summed E-state index contributed by atoms with van der Waals surface area (Å²) in [4.78, 5) is 11.0. The van der Waals surface area contributed by atoms with Gasteiger partial charge < -0.3 is 10.5 Å². The van der Waals surface area contributed by atoms with Gasteiger partial charge in [0.15, 0.2) is 0 Å². The Kier molecular flexibility index (Phi) is 9.24. The summed E-state index contributed by atoms with van der Waals surface area (Å²) >= 11 is 0. The largest absolute Gasteiger partial charge is 0.464 e. The summed E-state index contributed by atoms with van der Waals surface area (Å²) in [6.07, 6.45) is 1.93. The van der Waals surface area contributed by atoms with Crippen LogP contribution in [0.15, 0.2) is 0 Å². The molecule has 0 bridgehead atoms. The Balaban J connectivity index is 0. The van der Waals surface area contributed by atoms with Crippen molar-refractivity contribution in [2.75, 3.05) is 6.61 Å². The number of unbranched alkanes of at least 4 members (excludes halogenated alkanes) is 1. The number of ether oxygens (including phenoxy) is 1. The second-order valence-electron chi connectivity index (χ2n) is 3.21. The van der Waals surface area contributed by atoms with E-state index in [-0.39, 0.29) is 5.97 Å². The first-order chi connectivity index (χ1) is 5.98. The van der Waals surface area contributed by atoms with Crippen molar-refractivity contribution in [2.45, 2.75) is 53.0 Å². The molecule has 0 unspecified atom stereocenters. The lowest BCUT2D eigenvalue weighted by molar-refractivity contribution is -0.148. The summed E-state index contributed by atoms with van der Waals surface area (Å²) in [7, 11) is 0. The van der Waals surface area contributed by atoms with Crippen molar-refractivity contribution in [1.82, 2.24) is 0 Å². The molecule has 0 amide bonds. The van der Waals surface area contributed by atoms with E-state index in [9.17, 15) is 4.79 Å². The topological polar surface area (TPSA) is 52.3 Å². The lowest BCUT2D eigenvalue weighted by atomic mass is 10.1. The van der Waals surface area contributed by atoms with Crippen LogP contribution in [0, 0.1) is 0 Å². The molecule has 0 saturated carbocycles. The van der Waals surface area contributed by atoms with Crippen molar-refractivity contribution >= 4 is 5.97 Å². The van der Waals surface area contributed by atoms with Gasteiger partial charge in [-0.05, 0) is 20.3 Å². The normalized spacial score (nSPS) is 10.0. The van der Waals surface area contributed by atoms with E-state index < -0.39 is 5.54 Å². The van der Waals surface area contributed by atoms with Gasteiger partial charge in [-0.15, -0.1) is 0 Å². The molecule has 0 fully saturated rings. The van der Waals surface area contributed by atoms with E-state index in [4.69, 9.17) is 10.5 Å². The molecule has 0 aliphatic carbocycles. The monoisotopic (exact) mass is 189 g/mol. The molecule has 0 radical (unpaired) electrons. The Morgan fingerprint density at radius 2 is 1.85 bits per heavy atom. The smallest absolute Gasteiger partial charge is 0.325 e. The second-order valence-corrected chi connectivity index (χ2v) is 3.21. The zero-order valence-corrected chi connectivity index (χ0v) is 9.52. The highest BCUT2D eigenvalue weighted by Gasteiger charge is 2.22. The van der Waals surface area contributed by atoms with Crippen LogP contribution in [0.2, 0.25) is 0 Å². The van der Waals surface area contributed by atoms with Crippen LogP contribution in [0.3, 0.4) is 0 Å². The van der Waals surface area contributed by atoms with Crippen molar-refractivity contribution in [3.63, 3.8) is 0 Å². The van der Waals surface area contributed by atoms with Crippen molar-refractivity contribution in [2.24, 2.45) is 5.73 Å². The average Bonchev–Trinajstić information content (AvgIpc) is 2.07. The Labute approximate surface area is 81.6 Å². The molecule has 0 saturated heterocycles. The van der Waals surface area contributed by atoms with Gasteiger partial charge in [-0.1, -0.05) is 27.2 Å². The van der Waals surface area contributed by atoms with Crippen LogP contribution in [0.1, 0.15) is 47.5 Å². The van der Waals surface area contributed by atoms with Gasteiger partial charge in [0, 0.05) is 0 Å². The first-order valence-electron chi connectivity index (χ1n) is 4.94. The highest BCUT2D eigenvalue weighted by Crippen LogP contribution is 2.00. The summed E-state index contributed by atoms with van der Waals surface area (Å²) < 4.78 is 4.88. The predicted molar refractivity (Wildman–Crippen MR) is 55.5 cm³/mol. The number of hydrogen-bond acceptors (Lipinski definition) is 3. The molecule has 0 heterocycles. The zero-order valence-electron chi connectivity index (χ0n) is 9.52. The highest BCUT2D eigenvalue weighted by molar-refractivity contribution is 5.79. The molecule has 0 aromatic heterocycles. The molecule has 3 heteroatoms. The van der Waals surface area contributed by atoms with Gasteiger partial charge in [0.25, 0.3) is 0 Å². The third-order valence-corrected chi connectivity index (χ3v) is 1.26. The molecule has 0 aromatic carbocycles. The highest BCUT2D eigenvalue weighted by atomic mass is 16.5. The van der Waals surface area contributed by atoms with E-state index in [2.05, 4.69) is 0 Å². The Morgan fingerprint density at radius 1 is 1.38 bits per heavy atom.